The van der Waals surface area contributed by atoms with E-state index in [1.54, 1.807) is 18.5 Å². The Morgan fingerprint density at radius 2 is 2.03 bits per heavy atom. The first-order chi connectivity index (χ1) is 15.9. The van der Waals surface area contributed by atoms with E-state index in [0.29, 0.717) is 5.56 Å². The van der Waals surface area contributed by atoms with Crippen LogP contribution in [0.15, 0.2) is 48.5 Å². The molecule has 1 aromatic heterocycles. The number of hydrogen-bond acceptors (Lipinski definition) is 6. The van der Waals surface area contributed by atoms with Gasteiger partial charge in [0.1, 0.15) is 6.61 Å². The third kappa shape index (κ3) is 4.52. The lowest BCUT2D eigenvalue weighted by molar-refractivity contribution is -0.152. The number of fused-ring (bicyclic) bond motifs is 1. The molecule has 1 aliphatic carbocycles. The number of hydrogen-bond donors (Lipinski definition) is 2. The van der Waals surface area contributed by atoms with E-state index in [9.17, 15) is 14.0 Å². The summed E-state index contributed by atoms with van der Waals surface area (Å²) in [5.74, 6) is -2.38. The quantitative estimate of drug-likeness (QED) is 0.306. The number of benzene rings is 2. The van der Waals surface area contributed by atoms with E-state index in [1.807, 2.05) is 37.3 Å². The molecule has 8 heteroatoms. The smallest absolute Gasteiger partial charge is 0.313 e. The summed E-state index contributed by atoms with van der Waals surface area (Å²) in [5.41, 5.74) is 3.61. The highest BCUT2D eigenvalue weighted by Gasteiger charge is 2.64. The number of aryl methyl sites for hydroxylation is 1. The van der Waals surface area contributed by atoms with Crippen molar-refractivity contribution < 1.29 is 28.7 Å². The maximum Gasteiger partial charge on any atom is 0.313 e. The number of carbonyl (C=O) groups excluding carboxylic acids is 2. The lowest BCUT2D eigenvalue weighted by atomic mass is 9.93. The third-order valence-corrected chi connectivity index (χ3v) is 6.01. The number of esters is 1. The van der Waals surface area contributed by atoms with E-state index in [1.165, 1.54) is 12.1 Å². The number of aromatic nitrogens is 1. The van der Waals surface area contributed by atoms with Crippen molar-refractivity contribution in [2.75, 3.05) is 6.61 Å². The van der Waals surface area contributed by atoms with Gasteiger partial charge in [-0.15, -0.1) is 0 Å². The van der Waals surface area contributed by atoms with E-state index in [2.05, 4.69) is 4.98 Å². The fourth-order valence-electron chi connectivity index (χ4n) is 4.30. The molecule has 1 saturated carbocycles. The van der Waals surface area contributed by atoms with Gasteiger partial charge < -0.3 is 9.47 Å². The molecule has 2 aromatic carbocycles. The van der Waals surface area contributed by atoms with Crippen molar-refractivity contribution in [3.63, 3.8) is 0 Å². The maximum atomic E-state index is 14.8. The molecule has 0 radical (unpaired) electrons. The van der Waals surface area contributed by atoms with Gasteiger partial charge in [0.05, 0.1) is 23.5 Å². The lowest BCUT2D eigenvalue weighted by Gasteiger charge is -2.16. The highest BCUT2D eigenvalue weighted by atomic mass is 19.1. The number of nitrogens with zero attached hydrogens (tertiary/aromatic N) is 1. The highest BCUT2D eigenvalue weighted by molar-refractivity contribution is 5.93. The van der Waals surface area contributed by atoms with Gasteiger partial charge in [-0.2, -0.15) is 0 Å². The summed E-state index contributed by atoms with van der Waals surface area (Å²) in [5, 5.41) is 9.88. The van der Waals surface area contributed by atoms with Crippen LogP contribution in [0.2, 0.25) is 0 Å². The number of carbonyl (C=O) groups is 2. The molecule has 0 bridgehead atoms. The average Bonchev–Trinajstić information content (AvgIpc) is 3.53. The van der Waals surface area contributed by atoms with Crippen LogP contribution in [-0.2, 0) is 27.4 Å². The summed E-state index contributed by atoms with van der Waals surface area (Å²) in [6, 6.07) is 14.1. The van der Waals surface area contributed by atoms with Crippen molar-refractivity contribution in [1.82, 2.24) is 10.5 Å². The van der Waals surface area contributed by atoms with Gasteiger partial charge in [-0.3, -0.25) is 19.8 Å². The summed E-state index contributed by atoms with van der Waals surface area (Å²) in [4.78, 5) is 28.9. The zero-order valence-electron chi connectivity index (χ0n) is 18.4. The Labute approximate surface area is 190 Å². The van der Waals surface area contributed by atoms with Crippen LogP contribution in [-0.4, -0.2) is 28.7 Å². The Bertz CT molecular complexity index is 1210. The molecule has 7 nitrogen and oxygen atoms in total. The Hall–Kier alpha value is -3.52. The van der Waals surface area contributed by atoms with Gasteiger partial charge in [0, 0.05) is 16.6 Å². The maximum absolute atomic E-state index is 14.8. The van der Waals surface area contributed by atoms with Crippen molar-refractivity contribution >= 4 is 22.8 Å². The van der Waals surface area contributed by atoms with Crippen LogP contribution < -0.4 is 10.2 Å². The molecule has 0 unspecified atom stereocenters. The summed E-state index contributed by atoms with van der Waals surface area (Å²) >= 11 is 0. The van der Waals surface area contributed by atoms with Crippen LogP contribution >= 0.6 is 0 Å². The standard InChI is InChI=1S/C25H25FN2O5/c1-3-32-24(30)25(13-19(25)23(29)28-31)12-16-8-9-22(20(26)11-16)33-14-17-10-15(2)27-21-7-5-4-6-18(17)21/h4-11,19,31H,3,12-14H2,1-2H3,(H,28,29)/t19-,25+/m1/s1. The number of amides is 1. The predicted molar refractivity (Wildman–Crippen MR) is 118 cm³/mol. The largest absolute Gasteiger partial charge is 0.486 e. The monoisotopic (exact) mass is 452 g/mol. The Balaban J connectivity index is 1.51. The first-order valence-electron chi connectivity index (χ1n) is 10.8. The van der Waals surface area contributed by atoms with Crippen LogP contribution in [0.1, 0.15) is 30.2 Å². The van der Waals surface area contributed by atoms with Gasteiger partial charge in [-0.1, -0.05) is 24.3 Å². The van der Waals surface area contributed by atoms with Crippen LogP contribution in [0.5, 0.6) is 5.75 Å². The molecule has 4 rings (SSSR count). The zero-order chi connectivity index (χ0) is 23.6. The topological polar surface area (TPSA) is 97.8 Å². The fourth-order valence-corrected chi connectivity index (χ4v) is 4.30. The van der Waals surface area contributed by atoms with E-state index in [4.69, 9.17) is 14.7 Å². The SMILES string of the molecule is CCOC(=O)[C@@]1(Cc2ccc(OCc3cc(C)nc4ccccc34)c(F)c2)C[C@@H]1C(=O)NO. The normalized spacial score (nSPS) is 19.2. The molecule has 2 N–H and O–H groups in total. The van der Waals surface area contributed by atoms with Gasteiger partial charge in [0.2, 0.25) is 5.91 Å². The first-order valence-corrected chi connectivity index (χ1v) is 10.8. The second kappa shape index (κ2) is 9.15. The molecule has 1 heterocycles. The number of para-hydroxylation sites is 1. The second-order valence-corrected chi connectivity index (χ2v) is 8.28. The third-order valence-electron chi connectivity index (χ3n) is 6.01. The van der Waals surface area contributed by atoms with E-state index < -0.39 is 29.0 Å². The number of pyridine rings is 1. The van der Waals surface area contributed by atoms with E-state index >= 15 is 0 Å². The van der Waals surface area contributed by atoms with Crippen molar-refractivity contribution in [1.29, 1.82) is 0 Å². The van der Waals surface area contributed by atoms with E-state index in [-0.39, 0.29) is 31.8 Å². The number of ether oxygens (including phenoxy) is 2. The number of rotatable bonds is 8. The first kappa shape index (κ1) is 22.7. The number of hydroxylamine groups is 1. The summed E-state index contributed by atoms with van der Waals surface area (Å²) < 4.78 is 25.7. The second-order valence-electron chi connectivity index (χ2n) is 8.28. The lowest BCUT2D eigenvalue weighted by Crippen LogP contribution is -2.30. The van der Waals surface area contributed by atoms with Crippen molar-refractivity contribution in [2.45, 2.75) is 33.3 Å². The van der Waals surface area contributed by atoms with Gasteiger partial charge in [-0.05, 0) is 56.5 Å². The van der Waals surface area contributed by atoms with Crippen LogP contribution in [0, 0.1) is 24.1 Å². The van der Waals surface area contributed by atoms with Gasteiger partial charge in [-0.25, -0.2) is 9.87 Å². The van der Waals surface area contributed by atoms with Gasteiger partial charge in [0.25, 0.3) is 0 Å². The summed E-state index contributed by atoms with van der Waals surface area (Å²) in [6.45, 7) is 3.91. The number of nitrogens with one attached hydrogen (secondary N) is 1. The van der Waals surface area contributed by atoms with Crippen molar-refractivity contribution in [2.24, 2.45) is 11.3 Å². The summed E-state index contributed by atoms with van der Waals surface area (Å²) in [6.07, 6.45) is 0.349. The van der Waals surface area contributed by atoms with Crippen molar-refractivity contribution in [3.05, 3.63) is 71.2 Å². The molecule has 3 aromatic rings. The minimum atomic E-state index is -1.11. The minimum Gasteiger partial charge on any atom is -0.486 e. The van der Waals surface area contributed by atoms with Crippen LogP contribution in [0.4, 0.5) is 4.39 Å². The molecule has 0 spiro atoms. The van der Waals surface area contributed by atoms with E-state index in [0.717, 1.165) is 22.2 Å². The fraction of sp³-hybridized carbons (Fsp3) is 0.320. The molecular formula is C25H25FN2O5. The Morgan fingerprint density at radius 3 is 2.76 bits per heavy atom. The number of halogens is 1. The molecule has 1 amide bonds. The van der Waals surface area contributed by atoms with Crippen LogP contribution in [0.3, 0.4) is 0 Å². The van der Waals surface area contributed by atoms with Gasteiger partial charge >= 0.3 is 5.97 Å². The molecule has 2 atom stereocenters. The predicted octanol–water partition coefficient (Wildman–Crippen LogP) is 3.88. The zero-order valence-corrected chi connectivity index (χ0v) is 18.4. The van der Waals surface area contributed by atoms with Crippen molar-refractivity contribution in [3.8, 4) is 5.75 Å². The molecule has 1 fully saturated rings. The average molecular weight is 452 g/mol. The highest BCUT2D eigenvalue weighted by Crippen LogP contribution is 2.56. The summed E-state index contributed by atoms with van der Waals surface area (Å²) in [7, 11) is 0. The molecule has 172 valence electrons. The van der Waals surface area contributed by atoms with Crippen LogP contribution in [0.25, 0.3) is 10.9 Å². The molecular weight excluding hydrogens is 427 g/mol. The molecule has 0 aliphatic heterocycles. The molecule has 0 saturated heterocycles. The Kier molecular flexibility index (Phi) is 6.29. The Morgan fingerprint density at radius 1 is 1.24 bits per heavy atom. The molecule has 33 heavy (non-hydrogen) atoms. The van der Waals surface area contributed by atoms with Gasteiger partial charge in [0.15, 0.2) is 11.6 Å². The molecule has 1 aliphatic rings. The minimum absolute atomic E-state index is 0.0860.